The Labute approximate surface area is 186 Å². The number of nitrogens with zero attached hydrogens (tertiary/aromatic N) is 2. The quantitative estimate of drug-likeness (QED) is 0.393. The Bertz CT molecular complexity index is 1250. The summed E-state index contributed by atoms with van der Waals surface area (Å²) in [6.45, 7) is -0.110. The SMILES string of the molecule is COc1ccc(-c2c(CO)n(Cc3ccccc3Cl)c3cc(OC(F)(F)F)ccc23)cn1. The van der Waals surface area contributed by atoms with E-state index >= 15 is 0 Å². The van der Waals surface area contributed by atoms with Crippen LogP contribution < -0.4 is 9.47 Å². The van der Waals surface area contributed by atoms with Crippen molar-refractivity contribution >= 4 is 22.5 Å². The van der Waals surface area contributed by atoms with Crippen LogP contribution in [-0.2, 0) is 13.2 Å². The van der Waals surface area contributed by atoms with Gasteiger partial charge in [-0.25, -0.2) is 4.98 Å². The van der Waals surface area contributed by atoms with Crippen LogP contribution in [0.1, 0.15) is 11.3 Å². The summed E-state index contributed by atoms with van der Waals surface area (Å²) in [6, 6.07) is 14.7. The van der Waals surface area contributed by atoms with E-state index in [1.807, 2.05) is 12.1 Å². The fourth-order valence-electron chi connectivity index (χ4n) is 3.69. The number of halogens is 4. The summed E-state index contributed by atoms with van der Waals surface area (Å²) in [5.41, 5.74) is 3.06. The van der Waals surface area contributed by atoms with Crippen molar-refractivity contribution in [2.45, 2.75) is 19.5 Å². The molecule has 1 N–H and O–H groups in total. The van der Waals surface area contributed by atoms with E-state index in [0.717, 1.165) is 5.56 Å². The number of hydrogen-bond acceptors (Lipinski definition) is 4. The molecule has 0 fully saturated rings. The van der Waals surface area contributed by atoms with Crippen LogP contribution in [0.5, 0.6) is 11.6 Å². The van der Waals surface area contributed by atoms with Crippen LogP contribution in [-0.4, -0.2) is 28.1 Å². The van der Waals surface area contributed by atoms with E-state index in [1.54, 1.807) is 35.0 Å². The fourth-order valence-corrected chi connectivity index (χ4v) is 3.89. The molecule has 0 aliphatic rings. The van der Waals surface area contributed by atoms with Crippen molar-refractivity contribution in [2.24, 2.45) is 0 Å². The van der Waals surface area contributed by atoms with Gasteiger partial charge in [-0.15, -0.1) is 13.2 Å². The lowest BCUT2D eigenvalue weighted by molar-refractivity contribution is -0.274. The maximum atomic E-state index is 12.8. The smallest absolute Gasteiger partial charge is 0.481 e. The molecule has 0 radical (unpaired) electrons. The number of alkyl halides is 3. The first-order chi connectivity index (χ1) is 15.3. The number of fused-ring (bicyclic) bond motifs is 1. The second kappa shape index (κ2) is 8.72. The van der Waals surface area contributed by atoms with Crippen LogP contribution in [0.3, 0.4) is 0 Å². The van der Waals surface area contributed by atoms with Crippen LogP contribution in [0.2, 0.25) is 5.02 Å². The molecule has 0 saturated heterocycles. The zero-order valence-electron chi connectivity index (χ0n) is 16.9. The Morgan fingerprint density at radius 1 is 1.09 bits per heavy atom. The van der Waals surface area contributed by atoms with Gasteiger partial charge < -0.3 is 19.1 Å². The Balaban J connectivity index is 1.95. The molecule has 166 valence electrons. The van der Waals surface area contributed by atoms with E-state index in [1.165, 1.54) is 25.3 Å². The molecule has 32 heavy (non-hydrogen) atoms. The molecule has 0 bridgehead atoms. The maximum absolute atomic E-state index is 12.8. The molecule has 2 aromatic heterocycles. The Morgan fingerprint density at radius 2 is 1.88 bits per heavy atom. The molecule has 0 amide bonds. The van der Waals surface area contributed by atoms with Crippen LogP contribution in [0, 0.1) is 0 Å². The van der Waals surface area contributed by atoms with Gasteiger partial charge in [0.1, 0.15) is 5.75 Å². The molecule has 0 aliphatic carbocycles. The van der Waals surface area contributed by atoms with E-state index in [2.05, 4.69) is 9.72 Å². The van der Waals surface area contributed by atoms with Gasteiger partial charge in [-0.2, -0.15) is 0 Å². The molecule has 0 aliphatic heterocycles. The molecule has 4 rings (SSSR count). The summed E-state index contributed by atoms with van der Waals surface area (Å²) in [5, 5.41) is 11.4. The van der Waals surface area contributed by atoms with Gasteiger partial charge in [0.15, 0.2) is 0 Å². The van der Waals surface area contributed by atoms with Gasteiger partial charge in [-0.1, -0.05) is 29.8 Å². The molecule has 0 atom stereocenters. The van der Waals surface area contributed by atoms with Gasteiger partial charge in [0.2, 0.25) is 5.88 Å². The first-order valence-corrected chi connectivity index (χ1v) is 9.94. The summed E-state index contributed by atoms with van der Waals surface area (Å²) >= 11 is 6.32. The molecule has 2 heterocycles. The van der Waals surface area contributed by atoms with Crippen molar-refractivity contribution in [3.8, 4) is 22.8 Å². The molecule has 5 nitrogen and oxygen atoms in total. The van der Waals surface area contributed by atoms with Crippen LogP contribution in [0.4, 0.5) is 13.2 Å². The highest BCUT2D eigenvalue weighted by molar-refractivity contribution is 6.31. The van der Waals surface area contributed by atoms with Gasteiger partial charge in [0.25, 0.3) is 0 Å². The first-order valence-electron chi connectivity index (χ1n) is 9.56. The number of pyridine rings is 1. The van der Waals surface area contributed by atoms with Gasteiger partial charge in [-0.3, -0.25) is 0 Å². The number of aliphatic hydroxyl groups is 1. The summed E-state index contributed by atoms with van der Waals surface area (Å²) in [7, 11) is 1.50. The number of benzene rings is 2. The minimum Gasteiger partial charge on any atom is -0.481 e. The third-order valence-electron chi connectivity index (χ3n) is 5.05. The zero-order chi connectivity index (χ0) is 22.9. The van der Waals surface area contributed by atoms with Crippen molar-refractivity contribution in [3.63, 3.8) is 0 Å². The minimum absolute atomic E-state index is 0.241. The standard InChI is InChI=1S/C23H18ClF3N2O3/c1-31-21-9-6-14(11-28-21)22-17-8-7-16(32-23(25,26)27)10-19(17)29(20(22)13-30)12-15-4-2-3-5-18(15)24/h2-11,30H,12-13H2,1H3. The third kappa shape index (κ3) is 4.37. The lowest BCUT2D eigenvalue weighted by Crippen LogP contribution is -2.17. The van der Waals surface area contributed by atoms with Crippen molar-refractivity contribution in [1.29, 1.82) is 0 Å². The molecule has 0 spiro atoms. The van der Waals surface area contributed by atoms with Crippen molar-refractivity contribution in [2.75, 3.05) is 7.11 Å². The maximum Gasteiger partial charge on any atom is 0.573 e. The third-order valence-corrected chi connectivity index (χ3v) is 5.42. The topological polar surface area (TPSA) is 56.5 Å². The Hall–Kier alpha value is -3.23. The summed E-state index contributed by atoms with van der Waals surface area (Å²) < 4.78 is 49.4. The largest absolute Gasteiger partial charge is 0.573 e. The molecule has 0 saturated carbocycles. The highest BCUT2D eigenvalue weighted by Crippen LogP contribution is 2.38. The highest BCUT2D eigenvalue weighted by Gasteiger charge is 2.31. The Morgan fingerprint density at radius 3 is 2.50 bits per heavy atom. The second-order valence-corrected chi connectivity index (χ2v) is 7.38. The van der Waals surface area contributed by atoms with Crippen LogP contribution in [0.25, 0.3) is 22.0 Å². The fraction of sp³-hybridized carbons (Fsp3) is 0.174. The van der Waals surface area contributed by atoms with E-state index in [0.29, 0.717) is 38.6 Å². The number of methoxy groups -OCH3 is 1. The summed E-state index contributed by atoms with van der Waals surface area (Å²) in [6.07, 6.45) is -3.23. The number of rotatable bonds is 6. The number of hydrogen-bond donors (Lipinski definition) is 1. The minimum atomic E-state index is -4.82. The molecular weight excluding hydrogens is 445 g/mol. The monoisotopic (exact) mass is 462 g/mol. The summed E-state index contributed by atoms with van der Waals surface area (Å²) in [4.78, 5) is 4.22. The molecule has 2 aromatic carbocycles. The molecule has 9 heteroatoms. The lowest BCUT2D eigenvalue weighted by Gasteiger charge is -2.13. The van der Waals surface area contributed by atoms with Gasteiger partial charge in [-0.05, 0) is 29.8 Å². The first kappa shape index (κ1) is 22.0. The van der Waals surface area contributed by atoms with Crippen molar-refractivity contribution < 1.29 is 27.8 Å². The van der Waals surface area contributed by atoms with Gasteiger partial charge >= 0.3 is 6.36 Å². The van der Waals surface area contributed by atoms with Gasteiger partial charge in [0.05, 0.1) is 24.9 Å². The number of aliphatic hydroxyl groups excluding tert-OH is 1. The highest BCUT2D eigenvalue weighted by atomic mass is 35.5. The van der Waals surface area contributed by atoms with E-state index in [-0.39, 0.29) is 18.9 Å². The number of aromatic nitrogens is 2. The van der Waals surface area contributed by atoms with Gasteiger partial charge in [0, 0.05) is 46.4 Å². The number of ether oxygens (including phenoxy) is 2. The average molecular weight is 463 g/mol. The van der Waals surface area contributed by atoms with E-state index < -0.39 is 6.36 Å². The summed E-state index contributed by atoms with van der Waals surface area (Å²) in [5.74, 6) is 0.0618. The zero-order valence-corrected chi connectivity index (χ0v) is 17.6. The lowest BCUT2D eigenvalue weighted by atomic mass is 10.0. The molecule has 4 aromatic rings. The predicted molar refractivity (Wildman–Crippen MR) is 115 cm³/mol. The second-order valence-electron chi connectivity index (χ2n) is 6.97. The van der Waals surface area contributed by atoms with Crippen LogP contribution in [0.15, 0.2) is 60.8 Å². The van der Waals surface area contributed by atoms with E-state index in [4.69, 9.17) is 16.3 Å². The Kier molecular flexibility index (Phi) is 5.99. The van der Waals surface area contributed by atoms with Crippen molar-refractivity contribution in [1.82, 2.24) is 9.55 Å². The van der Waals surface area contributed by atoms with E-state index in [9.17, 15) is 18.3 Å². The normalized spacial score (nSPS) is 11.7. The van der Waals surface area contributed by atoms with Crippen molar-refractivity contribution in [3.05, 3.63) is 77.1 Å². The molecular formula is C23H18ClF3N2O3. The predicted octanol–water partition coefficient (Wildman–Crippen LogP) is 5.80. The van der Waals surface area contributed by atoms with Crippen LogP contribution >= 0.6 is 11.6 Å². The molecule has 0 unspecified atom stereocenters. The average Bonchev–Trinajstić information content (AvgIpc) is 3.07.